The Labute approximate surface area is 96.6 Å². The number of carbonyl (C=O) groups is 2. The van der Waals surface area contributed by atoms with Crippen molar-refractivity contribution in [3.05, 3.63) is 12.3 Å². The van der Waals surface area contributed by atoms with Crippen molar-refractivity contribution in [2.45, 2.75) is 46.0 Å². The average molecular weight is 228 g/mol. The molecule has 0 rings (SSSR count). The van der Waals surface area contributed by atoms with Gasteiger partial charge >= 0.3 is 11.9 Å². The highest BCUT2D eigenvalue weighted by molar-refractivity contribution is 5.77. The van der Waals surface area contributed by atoms with Crippen LogP contribution >= 0.6 is 0 Å². The van der Waals surface area contributed by atoms with Crippen molar-refractivity contribution in [2.75, 3.05) is 6.61 Å². The summed E-state index contributed by atoms with van der Waals surface area (Å²) in [7, 11) is 0. The van der Waals surface area contributed by atoms with Gasteiger partial charge in [0.25, 0.3) is 0 Å². The van der Waals surface area contributed by atoms with Crippen molar-refractivity contribution in [3.63, 3.8) is 0 Å². The van der Waals surface area contributed by atoms with Crippen LogP contribution in [0.15, 0.2) is 12.3 Å². The zero-order valence-corrected chi connectivity index (χ0v) is 10.0. The van der Waals surface area contributed by atoms with E-state index in [0.29, 0.717) is 6.61 Å². The average Bonchev–Trinajstić information content (AvgIpc) is 2.27. The molecule has 0 radical (unpaired) electrons. The number of allylic oxidation sites excluding steroid dienone is 1. The zero-order chi connectivity index (χ0) is 12.2. The second-order valence-corrected chi connectivity index (χ2v) is 3.34. The third kappa shape index (κ3) is 9.24. The molecule has 0 saturated carbocycles. The maximum Gasteiger partial charge on any atom is 0.311 e. The summed E-state index contributed by atoms with van der Waals surface area (Å²) in [5.74, 6) is -0.748. The molecule has 0 spiro atoms. The molecule has 0 N–H and O–H groups in total. The van der Waals surface area contributed by atoms with Crippen LogP contribution < -0.4 is 0 Å². The normalized spacial score (nSPS) is 10.4. The number of rotatable bonds is 8. The smallest absolute Gasteiger partial charge is 0.311 e. The molecule has 0 unspecified atom stereocenters. The van der Waals surface area contributed by atoms with Gasteiger partial charge < -0.3 is 9.47 Å². The minimum atomic E-state index is -0.405. The highest BCUT2D eigenvalue weighted by Crippen LogP contribution is 1.98. The first-order chi connectivity index (χ1) is 7.70. The molecule has 16 heavy (non-hydrogen) atoms. The van der Waals surface area contributed by atoms with Crippen molar-refractivity contribution >= 4 is 11.9 Å². The van der Waals surface area contributed by atoms with Crippen LogP contribution in [-0.2, 0) is 19.1 Å². The number of hydrogen-bond acceptors (Lipinski definition) is 4. The van der Waals surface area contributed by atoms with Gasteiger partial charge in [0.05, 0.1) is 25.7 Å². The fraction of sp³-hybridized carbons (Fsp3) is 0.667. The van der Waals surface area contributed by atoms with E-state index in [-0.39, 0.29) is 18.8 Å². The number of unbranched alkanes of at least 4 members (excludes halogenated alkanes) is 1. The first-order valence-corrected chi connectivity index (χ1v) is 5.70. The van der Waals surface area contributed by atoms with Crippen LogP contribution in [0.25, 0.3) is 0 Å². The maximum absolute atomic E-state index is 11.1. The molecule has 0 amide bonds. The van der Waals surface area contributed by atoms with Gasteiger partial charge in [-0.1, -0.05) is 20.3 Å². The molecule has 0 heterocycles. The van der Waals surface area contributed by atoms with Gasteiger partial charge in [-0.15, -0.1) is 0 Å². The van der Waals surface area contributed by atoms with Crippen molar-refractivity contribution in [1.82, 2.24) is 0 Å². The van der Waals surface area contributed by atoms with Gasteiger partial charge in [0.15, 0.2) is 0 Å². The first-order valence-electron chi connectivity index (χ1n) is 5.70. The maximum atomic E-state index is 11.1. The Morgan fingerprint density at radius 2 is 1.81 bits per heavy atom. The van der Waals surface area contributed by atoms with Gasteiger partial charge in [0.2, 0.25) is 0 Å². The highest BCUT2D eigenvalue weighted by atomic mass is 16.5. The summed E-state index contributed by atoms with van der Waals surface area (Å²) in [4.78, 5) is 22.2. The van der Waals surface area contributed by atoms with E-state index in [0.717, 1.165) is 19.3 Å². The van der Waals surface area contributed by atoms with Crippen LogP contribution in [0.1, 0.15) is 46.0 Å². The van der Waals surface area contributed by atoms with Gasteiger partial charge in [-0.25, -0.2) is 0 Å². The first kappa shape index (κ1) is 14.7. The Bertz CT molecular complexity index is 233. The third-order valence-corrected chi connectivity index (χ3v) is 1.83. The van der Waals surface area contributed by atoms with Crippen LogP contribution in [0.3, 0.4) is 0 Å². The van der Waals surface area contributed by atoms with E-state index in [1.807, 2.05) is 13.8 Å². The molecule has 0 fully saturated rings. The van der Waals surface area contributed by atoms with E-state index in [4.69, 9.17) is 9.47 Å². The Morgan fingerprint density at radius 3 is 2.44 bits per heavy atom. The number of carbonyl (C=O) groups excluding carboxylic acids is 2. The molecular formula is C12H20O4. The fourth-order valence-electron chi connectivity index (χ4n) is 0.886. The van der Waals surface area contributed by atoms with E-state index >= 15 is 0 Å². The lowest BCUT2D eigenvalue weighted by molar-refractivity contribution is -0.148. The Balaban J connectivity index is 3.51. The fourth-order valence-corrected chi connectivity index (χ4v) is 0.886. The van der Waals surface area contributed by atoms with E-state index in [1.54, 1.807) is 6.08 Å². The molecule has 0 aromatic rings. The van der Waals surface area contributed by atoms with Gasteiger partial charge in [0, 0.05) is 0 Å². The van der Waals surface area contributed by atoms with E-state index in [2.05, 4.69) is 0 Å². The molecule has 0 aliphatic rings. The lowest BCUT2D eigenvalue weighted by Crippen LogP contribution is -2.09. The molecule has 92 valence electrons. The zero-order valence-electron chi connectivity index (χ0n) is 10.0. The summed E-state index contributed by atoms with van der Waals surface area (Å²) >= 11 is 0. The van der Waals surface area contributed by atoms with Crippen LogP contribution in [-0.4, -0.2) is 18.5 Å². The molecule has 0 atom stereocenters. The van der Waals surface area contributed by atoms with E-state index in [1.165, 1.54) is 6.26 Å². The van der Waals surface area contributed by atoms with Gasteiger partial charge in [-0.2, -0.15) is 0 Å². The Kier molecular flexibility index (Phi) is 9.36. The summed E-state index contributed by atoms with van der Waals surface area (Å²) in [5.41, 5.74) is 0. The molecule has 0 aliphatic carbocycles. The quantitative estimate of drug-likeness (QED) is 0.364. The molecule has 0 saturated heterocycles. The van der Waals surface area contributed by atoms with E-state index in [9.17, 15) is 9.59 Å². The van der Waals surface area contributed by atoms with Crippen LogP contribution in [0, 0.1) is 0 Å². The van der Waals surface area contributed by atoms with Gasteiger partial charge in [0.1, 0.15) is 0 Å². The molecular weight excluding hydrogens is 208 g/mol. The number of hydrogen-bond donors (Lipinski definition) is 0. The lowest BCUT2D eigenvalue weighted by Gasteiger charge is -2.02. The minimum absolute atomic E-state index is 0.0685. The predicted molar refractivity (Wildman–Crippen MR) is 60.6 cm³/mol. The van der Waals surface area contributed by atoms with Crippen molar-refractivity contribution in [2.24, 2.45) is 0 Å². The SMILES string of the molecule is CC/C=C/OC(=O)CCC(=O)OCCCC. The topological polar surface area (TPSA) is 52.6 Å². The monoisotopic (exact) mass is 228 g/mol. The van der Waals surface area contributed by atoms with E-state index < -0.39 is 5.97 Å². The molecule has 4 heteroatoms. The highest BCUT2D eigenvalue weighted by Gasteiger charge is 2.07. The lowest BCUT2D eigenvalue weighted by atomic mass is 10.3. The van der Waals surface area contributed by atoms with Crippen LogP contribution in [0.4, 0.5) is 0 Å². The molecule has 0 aromatic carbocycles. The molecule has 0 bridgehead atoms. The van der Waals surface area contributed by atoms with Crippen LogP contribution in [0.2, 0.25) is 0 Å². The van der Waals surface area contributed by atoms with Crippen LogP contribution in [0.5, 0.6) is 0 Å². The summed E-state index contributed by atoms with van der Waals surface area (Å²) < 4.78 is 9.62. The second-order valence-electron chi connectivity index (χ2n) is 3.34. The molecule has 0 aliphatic heterocycles. The number of ether oxygens (including phenoxy) is 2. The standard InChI is InChI=1S/C12H20O4/c1-3-5-9-15-11(13)7-8-12(14)16-10-6-4-2/h5,9H,3-4,6-8,10H2,1-2H3/b9-5+. The van der Waals surface area contributed by atoms with Crippen molar-refractivity contribution < 1.29 is 19.1 Å². The predicted octanol–water partition coefficient (Wildman–Crippen LogP) is 2.58. The Hall–Kier alpha value is -1.32. The van der Waals surface area contributed by atoms with Crippen molar-refractivity contribution in [3.8, 4) is 0 Å². The number of esters is 2. The van der Waals surface area contributed by atoms with Gasteiger partial charge in [-0.3, -0.25) is 9.59 Å². The second kappa shape index (κ2) is 10.2. The summed E-state index contributed by atoms with van der Waals surface area (Å²) in [6.07, 6.45) is 5.89. The summed E-state index contributed by atoms with van der Waals surface area (Å²) in [6, 6.07) is 0. The summed E-state index contributed by atoms with van der Waals surface area (Å²) in [6.45, 7) is 4.39. The minimum Gasteiger partial charge on any atom is -0.466 e. The van der Waals surface area contributed by atoms with Gasteiger partial charge in [-0.05, 0) is 18.9 Å². The Morgan fingerprint density at radius 1 is 1.12 bits per heavy atom. The largest absolute Gasteiger partial charge is 0.466 e. The molecule has 4 nitrogen and oxygen atoms in total. The molecule has 0 aromatic heterocycles. The third-order valence-electron chi connectivity index (χ3n) is 1.83. The van der Waals surface area contributed by atoms with Crippen molar-refractivity contribution in [1.29, 1.82) is 0 Å². The summed E-state index contributed by atoms with van der Waals surface area (Å²) in [5, 5.41) is 0.